The summed E-state index contributed by atoms with van der Waals surface area (Å²) in [7, 11) is 0. The van der Waals surface area contributed by atoms with Crippen molar-refractivity contribution in [3.05, 3.63) is 105 Å². The van der Waals surface area contributed by atoms with E-state index in [0.717, 1.165) is 50.1 Å². The highest BCUT2D eigenvalue weighted by Crippen LogP contribution is 2.14. The second-order valence-electron chi connectivity index (χ2n) is 10.9. The lowest BCUT2D eigenvalue weighted by Crippen LogP contribution is -2.14. The van der Waals surface area contributed by atoms with Gasteiger partial charge in [-0.3, -0.25) is 14.4 Å². The molecule has 0 aliphatic carbocycles. The molecule has 3 rings (SSSR count). The average Bonchev–Trinajstić information content (AvgIpc) is 2.95. The summed E-state index contributed by atoms with van der Waals surface area (Å²) in [6.07, 6.45) is 1.83. The van der Waals surface area contributed by atoms with Crippen LogP contribution in [-0.4, -0.2) is 49.4 Å². The number of aliphatic hydroxyl groups is 1. The Kier molecular flexibility index (Phi) is 15.2. The molecule has 232 valence electrons. The number of hydrogen-bond donors (Lipinski definition) is 1. The maximum absolute atomic E-state index is 12.0. The van der Waals surface area contributed by atoms with E-state index in [4.69, 9.17) is 19.3 Å². The molecule has 0 aliphatic heterocycles. The molecular formula is C36H46O7. The zero-order valence-electron chi connectivity index (χ0n) is 26.5. The molecule has 0 spiro atoms. The third-order valence-electron chi connectivity index (χ3n) is 6.90. The Balaban J connectivity index is 0.000000344. The highest BCUT2D eigenvalue weighted by atomic mass is 16.5. The number of esters is 3. The van der Waals surface area contributed by atoms with Gasteiger partial charge in [0.2, 0.25) is 0 Å². The fraction of sp³-hybridized carbons (Fsp3) is 0.417. The number of carbonyl (C=O) groups excluding carboxylic acids is 3. The Bertz CT molecular complexity index is 1290. The Morgan fingerprint density at radius 2 is 0.814 bits per heavy atom. The smallest absolute Gasteiger partial charge is 0.310 e. The first kappa shape index (κ1) is 35.2. The number of benzene rings is 3. The molecule has 0 amide bonds. The van der Waals surface area contributed by atoms with Gasteiger partial charge in [0, 0.05) is 19.4 Å². The molecule has 0 aliphatic rings. The molecule has 0 bridgehead atoms. The van der Waals surface area contributed by atoms with Gasteiger partial charge >= 0.3 is 17.9 Å². The van der Waals surface area contributed by atoms with Crippen LogP contribution in [0.25, 0.3) is 0 Å². The van der Waals surface area contributed by atoms with Crippen LogP contribution in [0.2, 0.25) is 0 Å². The molecule has 3 aromatic rings. The number of rotatable bonds is 13. The summed E-state index contributed by atoms with van der Waals surface area (Å²) in [4.78, 5) is 35.4. The molecule has 0 unspecified atom stereocenters. The Hall–Kier alpha value is -3.97. The van der Waals surface area contributed by atoms with Crippen LogP contribution in [0.5, 0.6) is 0 Å². The van der Waals surface area contributed by atoms with Crippen molar-refractivity contribution >= 4 is 17.9 Å². The van der Waals surface area contributed by atoms with Crippen LogP contribution in [-0.2, 0) is 47.9 Å². The van der Waals surface area contributed by atoms with Crippen molar-refractivity contribution in [1.29, 1.82) is 0 Å². The number of aliphatic hydroxyl groups excluding tert-OH is 1. The molecule has 1 N–H and O–H groups in total. The van der Waals surface area contributed by atoms with Crippen molar-refractivity contribution in [2.45, 2.75) is 73.6 Å². The maximum Gasteiger partial charge on any atom is 0.310 e. The molecule has 7 nitrogen and oxygen atoms in total. The van der Waals surface area contributed by atoms with Gasteiger partial charge in [-0.25, -0.2) is 0 Å². The minimum absolute atomic E-state index is 0.0523. The van der Waals surface area contributed by atoms with E-state index in [1.54, 1.807) is 0 Å². The van der Waals surface area contributed by atoms with Gasteiger partial charge in [0.15, 0.2) is 0 Å². The fourth-order valence-corrected chi connectivity index (χ4v) is 4.27. The van der Waals surface area contributed by atoms with Crippen molar-refractivity contribution < 1.29 is 33.7 Å². The maximum atomic E-state index is 12.0. The number of aryl methyl sites for hydroxylation is 6. The van der Waals surface area contributed by atoms with Crippen molar-refractivity contribution in [2.24, 2.45) is 0 Å². The summed E-state index contributed by atoms with van der Waals surface area (Å²) >= 11 is 0. The zero-order chi connectivity index (χ0) is 31.8. The topological polar surface area (TPSA) is 99.1 Å². The summed E-state index contributed by atoms with van der Waals surface area (Å²) in [5, 5.41) is 8.56. The summed E-state index contributed by atoms with van der Waals surface area (Å²) in [6, 6.07) is 18.1. The minimum Gasteiger partial charge on any atom is -0.465 e. The lowest BCUT2D eigenvalue weighted by atomic mass is 10.0. The van der Waals surface area contributed by atoms with Gasteiger partial charge in [-0.2, -0.15) is 0 Å². The molecule has 0 radical (unpaired) electrons. The largest absolute Gasteiger partial charge is 0.465 e. The molecule has 0 atom stereocenters. The van der Waals surface area contributed by atoms with Crippen LogP contribution in [0.1, 0.15) is 62.9 Å². The van der Waals surface area contributed by atoms with E-state index in [2.05, 4.69) is 0 Å². The van der Waals surface area contributed by atoms with Gasteiger partial charge in [-0.15, -0.1) is 0 Å². The summed E-state index contributed by atoms with van der Waals surface area (Å²) in [5.74, 6) is -0.752. The normalized spacial score (nSPS) is 10.4. The molecule has 43 heavy (non-hydrogen) atoms. The summed E-state index contributed by atoms with van der Waals surface area (Å²) < 4.78 is 15.5. The Morgan fingerprint density at radius 1 is 0.512 bits per heavy atom. The van der Waals surface area contributed by atoms with E-state index in [1.807, 2.05) is 96.1 Å². The molecule has 0 saturated heterocycles. The Morgan fingerprint density at radius 3 is 1.12 bits per heavy atom. The van der Waals surface area contributed by atoms with Crippen LogP contribution in [0, 0.1) is 41.5 Å². The monoisotopic (exact) mass is 590 g/mol. The second-order valence-corrected chi connectivity index (χ2v) is 10.9. The third kappa shape index (κ3) is 13.7. The van der Waals surface area contributed by atoms with Crippen LogP contribution >= 0.6 is 0 Å². The first-order valence-electron chi connectivity index (χ1n) is 14.7. The fourth-order valence-electron chi connectivity index (χ4n) is 4.27. The van der Waals surface area contributed by atoms with E-state index >= 15 is 0 Å². The van der Waals surface area contributed by atoms with Gasteiger partial charge in [-0.05, 0) is 74.9 Å². The molecule has 7 heteroatoms. The van der Waals surface area contributed by atoms with Gasteiger partial charge in [0.1, 0.15) is 0 Å². The van der Waals surface area contributed by atoms with Gasteiger partial charge in [-0.1, -0.05) is 71.3 Å². The second kappa shape index (κ2) is 18.5. The molecule has 0 aromatic heterocycles. The van der Waals surface area contributed by atoms with Gasteiger partial charge in [0.05, 0.1) is 39.1 Å². The van der Waals surface area contributed by atoms with E-state index in [-0.39, 0.29) is 50.6 Å². The van der Waals surface area contributed by atoms with Crippen LogP contribution in [0.3, 0.4) is 0 Å². The zero-order valence-corrected chi connectivity index (χ0v) is 26.5. The third-order valence-corrected chi connectivity index (χ3v) is 6.90. The molecule has 0 fully saturated rings. The summed E-state index contributed by atoms with van der Waals surface area (Å²) in [5.41, 5.74) is 9.64. The molecule has 0 heterocycles. The highest BCUT2D eigenvalue weighted by molar-refractivity contribution is 5.74. The van der Waals surface area contributed by atoms with Gasteiger partial charge in [0.25, 0.3) is 0 Å². The van der Waals surface area contributed by atoms with Crippen LogP contribution in [0.15, 0.2) is 54.6 Å². The van der Waals surface area contributed by atoms with E-state index in [1.165, 1.54) is 0 Å². The lowest BCUT2D eigenvalue weighted by molar-refractivity contribution is -0.146. The molecule has 0 saturated carbocycles. The average molecular weight is 591 g/mol. The number of carbonyl (C=O) groups is 3. The van der Waals surface area contributed by atoms with Crippen molar-refractivity contribution in [2.75, 3.05) is 26.4 Å². The summed E-state index contributed by atoms with van der Waals surface area (Å²) in [6.45, 7) is 12.8. The minimum atomic E-state index is -0.259. The predicted octanol–water partition coefficient (Wildman–Crippen LogP) is 5.95. The van der Waals surface area contributed by atoms with E-state index in [0.29, 0.717) is 25.9 Å². The SMILES string of the molecule is Cc1ccc(C)c(CC(=O)OCCCO)c1.Cc1ccc(C)c(CC(=O)OCCCOC(=O)Cc2cc(C)ccc2C)c1. The first-order valence-corrected chi connectivity index (χ1v) is 14.7. The van der Waals surface area contributed by atoms with E-state index < -0.39 is 0 Å². The quantitative estimate of drug-likeness (QED) is 0.149. The molecular weight excluding hydrogens is 544 g/mol. The number of ether oxygens (including phenoxy) is 3. The highest BCUT2D eigenvalue weighted by Gasteiger charge is 2.10. The van der Waals surface area contributed by atoms with Crippen molar-refractivity contribution in [1.82, 2.24) is 0 Å². The Labute approximate surface area is 256 Å². The first-order chi connectivity index (χ1) is 20.5. The lowest BCUT2D eigenvalue weighted by Gasteiger charge is -2.09. The van der Waals surface area contributed by atoms with Gasteiger partial charge < -0.3 is 19.3 Å². The van der Waals surface area contributed by atoms with E-state index in [9.17, 15) is 14.4 Å². The number of hydrogen-bond acceptors (Lipinski definition) is 7. The molecule has 3 aromatic carbocycles. The van der Waals surface area contributed by atoms with Crippen LogP contribution < -0.4 is 0 Å². The standard InChI is InChI=1S/C23H28O4.C13H18O3/c1-16-6-8-18(3)20(12-16)14-22(24)26-10-5-11-27-23(25)15-21-13-17(2)7-9-19(21)4;1-10-4-5-11(2)12(8-10)9-13(15)16-7-3-6-14/h6-9,12-13H,5,10-11,14-15H2,1-4H3;4-5,8,14H,3,6-7,9H2,1-2H3. The van der Waals surface area contributed by atoms with Crippen molar-refractivity contribution in [3.8, 4) is 0 Å². The van der Waals surface area contributed by atoms with Crippen molar-refractivity contribution in [3.63, 3.8) is 0 Å². The predicted molar refractivity (Wildman–Crippen MR) is 168 cm³/mol. The van der Waals surface area contributed by atoms with Crippen LogP contribution in [0.4, 0.5) is 0 Å².